The van der Waals surface area contributed by atoms with Gasteiger partial charge in [-0.3, -0.25) is 4.79 Å². The van der Waals surface area contributed by atoms with Crippen LogP contribution in [0.3, 0.4) is 0 Å². The molecule has 0 aromatic carbocycles. The van der Waals surface area contributed by atoms with E-state index in [9.17, 15) is 9.59 Å². The summed E-state index contributed by atoms with van der Waals surface area (Å²) in [6.07, 6.45) is 1.72. The molecule has 0 spiro atoms. The van der Waals surface area contributed by atoms with Crippen molar-refractivity contribution >= 4 is 23.3 Å². The van der Waals surface area contributed by atoms with Gasteiger partial charge in [0.05, 0.1) is 6.54 Å². The first-order chi connectivity index (χ1) is 8.08. The van der Waals surface area contributed by atoms with Crippen LogP contribution in [0.1, 0.15) is 18.4 Å². The SMILES string of the molecule is CC(CNC(=O)NCc1nccs1)CC(=O)O. The van der Waals surface area contributed by atoms with Crippen LogP contribution in [0.4, 0.5) is 4.79 Å². The number of hydrogen-bond donors (Lipinski definition) is 3. The van der Waals surface area contributed by atoms with E-state index in [1.165, 1.54) is 11.3 Å². The van der Waals surface area contributed by atoms with Gasteiger partial charge in [-0.15, -0.1) is 11.3 Å². The molecule has 6 nitrogen and oxygen atoms in total. The van der Waals surface area contributed by atoms with Crippen molar-refractivity contribution < 1.29 is 14.7 Å². The number of carboxylic acids is 1. The fraction of sp³-hybridized carbons (Fsp3) is 0.500. The van der Waals surface area contributed by atoms with E-state index in [0.717, 1.165) is 5.01 Å². The van der Waals surface area contributed by atoms with Crippen molar-refractivity contribution in [2.24, 2.45) is 5.92 Å². The number of carboxylic acid groups (broad SMARTS) is 1. The quantitative estimate of drug-likeness (QED) is 0.710. The largest absolute Gasteiger partial charge is 0.481 e. The van der Waals surface area contributed by atoms with Crippen LogP contribution in [0.2, 0.25) is 0 Å². The first-order valence-corrected chi connectivity index (χ1v) is 6.07. The minimum absolute atomic E-state index is 0.0484. The van der Waals surface area contributed by atoms with Crippen molar-refractivity contribution in [3.05, 3.63) is 16.6 Å². The number of nitrogens with one attached hydrogen (secondary N) is 2. The molecule has 0 saturated carbocycles. The van der Waals surface area contributed by atoms with E-state index in [0.29, 0.717) is 13.1 Å². The van der Waals surface area contributed by atoms with Gasteiger partial charge >= 0.3 is 12.0 Å². The van der Waals surface area contributed by atoms with E-state index in [1.54, 1.807) is 13.1 Å². The smallest absolute Gasteiger partial charge is 0.315 e. The van der Waals surface area contributed by atoms with Crippen LogP contribution in [0.5, 0.6) is 0 Å². The lowest BCUT2D eigenvalue weighted by Crippen LogP contribution is -2.37. The van der Waals surface area contributed by atoms with Crippen molar-refractivity contribution in [2.45, 2.75) is 19.9 Å². The molecular weight excluding hydrogens is 242 g/mol. The predicted molar refractivity (Wildman–Crippen MR) is 63.8 cm³/mol. The molecule has 0 aliphatic rings. The average molecular weight is 257 g/mol. The molecule has 1 unspecified atom stereocenters. The molecule has 1 aromatic heterocycles. The molecule has 0 bridgehead atoms. The minimum atomic E-state index is -0.859. The minimum Gasteiger partial charge on any atom is -0.481 e. The Hall–Kier alpha value is -1.63. The van der Waals surface area contributed by atoms with E-state index in [4.69, 9.17) is 5.11 Å². The van der Waals surface area contributed by atoms with Crippen LogP contribution in [0.15, 0.2) is 11.6 Å². The summed E-state index contributed by atoms with van der Waals surface area (Å²) < 4.78 is 0. The number of hydrogen-bond acceptors (Lipinski definition) is 4. The molecule has 0 radical (unpaired) electrons. The van der Waals surface area contributed by atoms with Gasteiger partial charge in [-0.1, -0.05) is 6.92 Å². The molecule has 0 aliphatic carbocycles. The van der Waals surface area contributed by atoms with E-state index >= 15 is 0 Å². The van der Waals surface area contributed by atoms with Gasteiger partial charge in [0, 0.05) is 24.5 Å². The Morgan fingerprint density at radius 3 is 2.88 bits per heavy atom. The van der Waals surface area contributed by atoms with Crippen LogP contribution in [-0.4, -0.2) is 28.6 Å². The van der Waals surface area contributed by atoms with Gasteiger partial charge in [0.2, 0.25) is 0 Å². The summed E-state index contributed by atoms with van der Waals surface area (Å²) in [7, 11) is 0. The average Bonchev–Trinajstić information content (AvgIpc) is 2.75. The van der Waals surface area contributed by atoms with Gasteiger partial charge in [0.25, 0.3) is 0 Å². The summed E-state index contributed by atoms with van der Waals surface area (Å²) in [6.45, 7) is 2.50. The lowest BCUT2D eigenvalue weighted by atomic mass is 10.1. The number of carbonyl (C=O) groups is 2. The third-order valence-corrected chi connectivity index (χ3v) is 2.80. The van der Waals surface area contributed by atoms with Gasteiger partial charge in [-0.2, -0.15) is 0 Å². The van der Waals surface area contributed by atoms with Gasteiger partial charge in [-0.05, 0) is 5.92 Å². The summed E-state index contributed by atoms with van der Waals surface area (Å²) in [6, 6.07) is -0.308. The second-order valence-corrected chi connectivity index (χ2v) is 4.67. The number of rotatable bonds is 6. The second kappa shape index (κ2) is 6.85. The molecule has 3 N–H and O–H groups in total. The number of urea groups is 1. The van der Waals surface area contributed by atoms with Crippen molar-refractivity contribution in [3.8, 4) is 0 Å². The molecule has 94 valence electrons. The van der Waals surface area contributed by atoms with Crippen LogP contribution in [-0.2, 0) is 11.3 Å². The van der Waals surface area contributed by atoms with Crippen molar-refractivity contribution in [2.75, 3.05) is 6.54 Å². The number of carbonyl (C=O) groups excluding carboxylic acids is 1. The highest BCUT2D eigenvalue weighted by atomic mass is 32.1. The number of nitrogens with zero attached hydrogens (tertiary/aromatic N) is 1. The highest BCUT2D eigenvalue weighted by Gasteiger charge is 2.09. The number of aromatic nitrogens is 1. The van der Waals surface area contributed by atoms with Gasteiger partial charge in [0.1, 0.15) is 5.01 Å². The molecule has 1 atom stereocenters. The monoisotopic (exact) mass is 257 g/mol. The molecule has 2 amide bonds. The van der Waals surface area contributed by atoms with E-state index in [1.807, 2.05) is 5.38 Å². The van der Waals surface area contributed by atoms with Crippen molar-refractivity contribution in [1.82, 2.24) is 15.6 Å². The Labute approximate surface area is 103 Å². The molecule has 1 aromatic rings. The van der Waals surface area contributed by atoms with Crippen LogP contribution in [0.25, 0.3) is 0 Å². The van der Waals surface area contributed by atoms with Gasteiger partial charge < -0.3 is 15.7 Å². The lowest BCUT2D eigenvalue weighted by molar-refractivity contribution is -0.137. The van der Waals surface area contributed by atoms with Crippen molar-refractivity contribution in [3.63, 3.8) is 0 Å². The molecule has 1 heterocycles. The Morgan fingerprint density at radius 2 is 2.29 bits per heavy atom. The first-order valence-electron chi connectivity index (χ1n) is 5.19. The first kappa shape index (κ1) is 13.4. The maximum absolute atomic E-state index is 11.3. The fourth-order valence-corrected chi connectivity index (χ4v) is 1.75. The Kier molecular flexibility index (Phi) is 5.41. The fourth-order valence-electron chi connectivity index (χ4n) is 1.20. The lowest BCUT2D eigenvalue weighted by Gasteiger charge is -2.10. The summed E-state index contributed by atoms with van der Waals surface area (Å²) in [5.41, 5.74) is 0. The topological polar surface area (TPSA) is 91.3 Å². The zero-order valence-corrected chi connectivity index (χ0v) is 10.3. The summed E-state index contributed by atoms with van der Waals surface area (Å²) >= 11 is 1.47. The summed E-state index contributed by atoms with van der Waals surface area (Å²) in [4.78, 5) is 25.8. The Bertz CT molecular complexity index is 367. The van der Waals surface area contributed by atoms with Gasteiger partial charge in [-0.25, -0.2) is 9.78 Å². The van der Waals surface area contributed by atoms with Crippen molar-refractivity contribution in [1.29, 1.82) is 0 Å². The molecule has 0 aliphatic heterocycles. The predicted octanol–water partition coefficient (Wildman–Crippen LogP) is 1.05. The maximum atomic E-state index is 11.3. The molecule has 0 fully saturated rings. The standard InChI is InChI=1S/C10H15N3O3S/c1-7(4-9(14)15)5-12-10(16)13-6-8-11-2-3-17-8/h2-3,7H,4-6H2,1H3,(H,14,15)(H2,12,13,16). The third-order valence-electron chi connectivity index (χ3n) is 2.02. The van der Waals surface area contributed by atoms with Gasteiger partial charge in [0.15, 0.2) is 0 Å². The Balaban J connectivity index is 2.15. The molecular formula is C10H15N3O3S. The summed E-state index contributed by atoms with van der Waals surface area (Å²) in [5.74, 6) is -0.944. The zero-order valence-electron chi connectivity index (χ0n) is 9.47. The van der Waals surface area contributed by atoms with E-state index < -0.39 is 5.97 Å². The molecule has 0 saturated heterocycles. The highest BCUT2D eigenvalue weighted by Crippen LogP contribution is 2.02. The number of aliphatic carboxylic acids is 1. The summed E-state index contributed by atoms with van der Waals surface area (Å²) in [5, 5.41) is 16.5. The zero-order chi connectivity index (χ0) is 12.7. The van der Waals surface area contributed by atoms with E-state index in [-0.39, 0.29) is 18.4 Å². The molecule has 17 heavy (non-hydrogen) atoms. The Morgan fingerprint density at radius 1 is 1.53 bits per heavy atom. The van der Waals surface area contributed by atoms with Crippen LogP contribution in [0, 0.1) is 5.92 Å². The molecule has 1 rings (SSSR count). The molecule has 7 heteroatoms. The van der Waals surface area contributed by atoms with E-state index in [2.05, 4.69) is 15.6 Å². The third kappa shape index (κ3) is 5.86. The van der Waals surface area contributed by atoms with Crippen LogP contribution >= 0.6 is 11.3 Å². The highest BCUT2D eigenvalue weighted by molar-refractivity contribution is 7.09. The van der Waals surface area contributed by atoms with Crippen LogP contribution < -0.4 is 10.6 Å². The number of amides is 2. The normalized spacial score (nSPS) is 11.8. The maximum Gasteiger partial charge on any atom is 0.315 e. The number of thiazole rings is 1. The second-order valence-electron chi connectivity index (χ2n) is 3.69.